The number of likely N-dealkylation sites (N-methyl/N-ethyl adjacent to an activating group) is 1. The molecule has 0 saturated heterocycles. The van der Waals surface area contributed by atoms with E-state index < -0.39 is 0 Å². The van der Waals surface area contributed by atoms with E-state index in [4.69, 9.17) is 4.74 Å². The molecule has 3 amide bonds. The summed E-state index contributed by atoms with van der Waals surface area (Å²) in [6.07, 6.45) is 0.816. The molecule has 0 fully saturated rings. The largest absolute Gasteiger partial charge is 0.457 e. The number of amides is 3. The van der Waals surface area contributed by atoms with Crippen LogP contribution >= 0.6 is 0 Å². The number of anilines is 2. The van der Waals surface area contributed by atoms with E-state index >= 15 is 0 Å². The van der Waals surface area contributed by atoms with Crippen molar-refractivity contribution in [2.24, 2.45) is 0 Å². The molecule has 30 heavy (non-hydrogen) atoms. The predicted molar refractivity (Wildman–Crippen MR) is 119 cm³/mol. The number of urea groups is 1. The van der Waals surface area contributed by atoms with Crippen molar-refractivity contribution in [3.63, 3.8) is 0 Å². The van der Waals surface area contributed by atoms with E-state index in [0.717, 1.165) is 23.4 Å². The standard InChI is InChI=1S/C24H25N3O3/c1-3-18-9-7-8-12-22(18)26-23(28)17-27(2)24(29)25-19-13-15-21(16-14-19)30-20-10-5-4-6-11-20/h4-16H,3,17H2,1-2H3,(H,25,29)(H,26,28). The second kappa shape index (κ2) is 10.1. The fourth-order valence-electron chi connectivity index (χ4n) is 2.88. The first-order chi connectivity index (χ1) is 14.5. The van der Waals surface area contributed by atoms with Gasteiger partial charge in [-0.1, -0.05) is 43.3 Å². The molecule has 0 aliphatic rings. The van der Waals surface area contributed by atoms with Crippen LogP contribution in [0, 0.1) is 0 Å². The minimum atomic E-state index is -0.370. The molecule has 0 unspecified atom stereocenters. The van der Waals surface area contributed by atoms with E-state index in [2.05, 4.69) is 10.6 Å². The van der Waals surface area contributed by atoms with Gasteiger partial charge in [-0.3, -0.25) is 4.79 Å². The summed E-state index contributed by atoms with van der Waals surface area (Å²) in [5.41, 5.74) is 2.44. The van der Waals surface area contributed by atoms with Gasteiger partial charge >= 0.3 is 6.03 Å². The van der Waals surface area contributed by atoms with Crippen molar-refractivity contribution in [3.8, 4) is 11.5 Å². The average molecular weight is 403 g/mol. The number of hydrogen-bond acceptors (Lipinski definition) is 3. The smallest absolute Gasteiger partial charge is 0.322 e. The number of carbonyl (C=O) groups excluding carboxylic acids is 2. The maximum absolute atomic E-state index is 12.4. The fourth-order valence-corrected chi connectivity index (χ4v) is 2.88. The van der Waals surface area contributed by atoms with Gasteiger partial charge in [-0.15, -0.1) is 0 Å². The topological polar surface area (TPSA) is 70.7 Å². The van der Waals surface area contributed by atoms with Crippen molar-refractivity contribution >= 4 is 23.3 Å². The van der Waals surface area contributed by atoms with Crippen molar-refractivity contribution < 1.29 is 14.3 Å². The number of nitrogens with zero attached hydrogens (tertiary/aromatic N) is 1. The lowest BCUT2D eigenvalue weighted by molar-refractivity contribution is -0.116. The molecule has 0 spiro atoms. The van der Waals surface area contributed by atoms with E-state index in [-0.39, 0.29) is 18.5 Å². The van der Waals surface area contributed by atoms with E-state index in [1.807, 2.05) is 61.5 Å². The second-order valence-electron chi connectivity index (χ2n) is 6.78. The number of ether oxygens (including phenoxy) is 1. The Morgan fingerprint density at radius 2 is 1.47 bits per heavy atom. The van der Waals surface area contributed by atoms with Crippen molar-refractivity contribution in [2.45, 2.75) is 13.3 Å². The monoisotopic (exact) mass is 403 g/mol. The van der Waals surface area contributed by atoms with Crippen LogP contribution in [0.5, 0.6) is 11.5 Å². The first-order valence-corrected chi connectivity index (χ1v) is 9.78. The van der Waals surface area contributed by atoms with Crippen LogP contribution in [-0.2, 0) is 11.2 Å². The van der Waals surface area contributed by atoms with Crippen LogP contribution in [-0.4, -0.2) is 30.4 Å². The van der Waals surface area contributed by atoms with Crippen LogP contribution in [0.25, 0.3) is 0 Å². The highest BCUT2D eigenvalue weighted by molar-refractivity contribution is 5.97. The molecule has 0 aliphatic carbocycles. The van der Waals surface area contributed by atoms with Gasteiger partial charge in [0.15, 0.2) is 0 Å². The third-order valence-corrected chi connectivity index (χ3v) is 4.48. The van der Waals surface area contributed by atoms with Gasteiger partial charge in [0, 0.05) is 18.4 Å². The average Bonchev–Trinajstić information content (AvgIpc) is 2.76. The van der Waals surface area contributed by atoms with Gasteiger partial charge in [-0.05, 0) is 54.4 Å². The summed E-state index contributed by atoms with van der Waals surface area (Å²) in [6, 6.07) is 23.8. The van der Waals surface area contributed by atoms with Crippen LogP contribution in [0.1, 0.15) is 12.5 Å². The van der Waals surface area contributed by atoms with Crippen LogP contribution in [0.3, 0.4) is 0 Å². The van der Waals surface area contributed by atoms with Crippen LogP contribution in [0.2, 0.25) is 0 Å². The molecule has 3 aromatic carbocycles. The molecule has 3 aromatic rings. The summed E-state index contributed by atoms with van der Waals surface area (Å²) >= 11 is 0. The van der Waals surface area contributed by atoms with Gasteiger partial charge in [0.1, 0.15) is 18.0 Å². The Hall–Kier alpha value is -3.80. The molecule has 154 valence electrons. The quantitative estimate of drug-likeness (QED) is 0.574. The summed E-state index contributed by atoms with van der Waals surface area (Å²) in [5.74, 6) is 1.16. The zero-order chi connectivity index (χ0) is 21.3. The summed E-state index contributed by atoms with van der Waals surface area (Å²) in [7, 11) is 1.58. The number of rotatable bonds is 7. The lowest BCUT2D eigenvalue weighted by atomic mass is 10.1. The Kier molecular flexibility index (Phi) is 7.05. The molecule has 0 atom stereocenters. The molecule has 0 saturated carbocycles. The summed E-state index contributed by atoms with van der Waals surface area (Å²) < 4.78 is 5.74. The number of nitrogens with one attached hydrogen (secondary N) is 2. The van der Waals surface area contributed by atoms with Crippen LogP contribution < -0.4 is 15.4 Å². The lowest BCUT2D eigenvalue weighted by Crippen LogP contribution is -2.37. The van der Waals surface area contributed by atoms with Gasteiger partial charge in [-0.2, -0.15) is 0 Å². The maximum atomic E-state index is 12.4. The van der Waals surface area contributed by atoms with Gasteiger partial charge in [0.2, 0.25) is 5.91 Å². The van der Waals surface area contributed by atoms with Crippen molar-refractivity contribution in [1.82, 2.24) is 4.90 Å². The number of carbonyl (C=O) groups is 2. The highest BCUT2D eigenvalue weighted by Gasteiger charge is 2.14. The minimum absolute atomic E-state index is 0.0565. The Balaban J connectivity index is 1.51. The third kappa shape index (κ3) is 5.85. The number of aryl methyl sites for hydroxylation is 1. The second-order valence-corrected chi connectivity index (χ2v) is 6.78. The molecule has 6 nitrogen and oxygen atoms in total. The molecule has 3 rings (SSSR count). The zero-order valence-electron chi connectivity index (χ0n) is 17.1. The van der Waals surface area contributed by atoms with E-state index in [1.165, 1.54) is 4.90 Å². The molecular formula is C24H25N3O3. The van der Waals surface area contributed by atoms with E-state index in [1.54, 1.807) is 31.3 Å². The number of para-hydroxylation sites is 2. The molecule has 2 N–H and O–H groups in total. The Labute approximate surface area is 176 Å². The normalized spacial score (nSPS) is 10.2. The maximum Gasteiger partial charge on any atom is 0.322 e. The molecule has 0 radical (unpaired) electrons. The first kappa shape index (κ1) is 20.9. The minimum Gasteiger partial charge on any atom is -0.457 e. The van der Waals surface area contributed by atoms with Gasteiger partial charge in [0.05, 0.1) is 0 Å². The summed E-state index contributed by atoms with van der Waals surface area (Å²) in [4.78, 5) is 26.1. The van der Waals surface area contributed by atoms with E-state index in [9.17, 15) is 9.59 Å². The van der Waals surface area contributed by atoms with Crippen molar-refractivity contribution in [1.29, 1.82) is 0 Å². The lowest BCUT2D eigenvalue weighted by Gasteiger charge is -2.18. The Bertz CT molecular complexity index is 988. The summed E-state index contributed by atoms with van der Waals surface area (Å²) in [5, 5.41) is 5.64. The van der Waals surface area contributed by atoms with Crippen molar-refractivity contribution in [3.05, 3.63) is 84.4 Å². The molecule has 0 bridgehead atoms. The van der Waals surface area contributed by atoms with Gasteiger partial charge in [-0.25, -0.2) is 4.79 Å². The van der Waals surface area contributed by atoms with Gasteiger partial charge < -0.3 is 20.3 Å². The highest BCUT2D eigenvalue weighted by Crippen LogP contribution is 2.22. The highest BCUT2D eigenvalue weighted by atomic mass is 16.5. The summed E-state index contributed by atoms with van der Waals surface area (Å²) in [6.45, 7) is 1.97. The number of benzene rings is 3. The molecular weight excluding hydrogens is 378 g/mol. The van der Waals surface area contributed by atoms with E-state index in [0.29, 0.717) is 11.4 Å². The Morgan fingerprint density at radius 1 is 0.833 bits per heavy atom. The van der Waals surface area contributed by atoms with Gasteiger partial charge in [0.25, 0.3) is 0 Å². The number of hydrogen-bond donors (Lipinski definition) is 2. The predicted octanol–water partition coefficient (Wildman–Crippen LogP) is 5.14. The van der Waals surface area contributed by atoms with Crippen LogP contribution in [0.4, 0.5) is 16.2 Å². The Morgan fingerprint density at radius 3 is 2.17 bits per heavy atom. The van der Waals surface area contributed by atoms with Crippen molar-refractivity contribution in [2.75, 3.05) is 24.2 Å². The fraction of sp³-hybridized carbons (Fsp3) is 0.167. The SMILES string of the molecule is CCc1ccccc1NC(=O)CN(C)C(=O)Nc1ccc(Oc2ccccc2)cc1. The molecule has 0 aliphatic heterocycles. The molecule has 0 heterocycles. The van der Waals surface area contributed by atoms with Crippen LogP contribution in [0.15, 0.2) is 78.9 Å². The zero-order valence-corrected chi connectivity index (χ0v) is 17.1. The first-order valence-electron chi connectivity index (χ1n) is 9.78. The third-order valence-electron chi connectivity index (χ3n) is 4.48. The molecule has 0 aromatic heterocycles. The molecule has 6 heteroatoms.